The van der Waals surface area contributed by atoms with Crippen LogP contribution in [0.1, 0.15) is 30.2 Å². The molecule has 0 saturated heterocycles. The maximum absolute atomic E-state index is 12.0. The number of carbonyl (C=O) groups excluding carboxylic acids is 1. The van der Waals surface area contributed by atoms with Gasteiger partial charge in [0.05, 0.1) is 6.04 Å². The van der Waals surface area contributed by atoms with E-state index in [4.69, 9.17) is 11.6 Å². The SMILES string of the molecule is C[C@H](NC(=O)C(O)c1ccc(Cl)nc1)c1ccccc1. The molecule has 1 aromatic heterocycles. The Balaban J connectivity index is 2.02. The van der Waals surface area contributed by atoms with E-state index in [1.54, 1.807) is 6.07 Å². The van der Waals surface area contributed by atoms with E-state index in [9.17, 15) is 9.90 Å². The molecule has 0 fully saturated rings. The zero-order chi connectivity index (χ0) is 14.5. The lowest BCUT2D eigenvalue weighted by molar-refractivity contribution is -0.130. The number of pyridine rings is 1. The third-order valence-corrected chi connectivity index (χ3v) is 3.20. The highest BCUT2D eigenvalue weighted by Crippen LogP contribution is 2.17. The number of aliphatic hydroxyl groups is 1. The van der Waals surface area contributed by atoms with Gasteiger partial charge in [0.15, 0.2) is 6.10 Å². The third-order valence-electron chi connectivity index (χ3n) is 2.97. The number of amides is 1. The Morgan fingerprint density at radius 3 is 2.50 bits per heavy atom. The van der Waals surface area contributed by atoms with Crippen molar-refractivity contribution in [2.24, 2.45) is 0 Å². The van der Waals surface area contributed by atoms with E-state index >= 15 is 0 Å². The molecule has 2 rings (SSSR count). The minimum Gasteiger partial charge on any atom is -0.378 e. The summed E-state index contributed by atoms with van der Waals surface area (Å²) in [6.45, 7) is 1.86. The summed E-state index contributed by atoms with van der Waals surface area (Å²) >= 11 is 5.67. The summed E-state index contributed by atoms with van der Waals surface area (Å²) in [4.78, 5) is 15.8. The number of aliphatic hydroxyl groups excluding tert-OH is 1. The predicted molar refractivity (Wildman–Crippen MR) is 77.2 cm³/mol. The number of aromatic nitrogens is 1. The molecule has 0 aliphatic heterocycles. The molecule has 20 heavy (non-hydrogen) atoms. The van der Waals surface area contributed by atoms with Gasteiger partial charge in [-0.3, -0.25) is 4.79 Å². The van der Waals surface area contributed by atoms with Crippen molar-refractivity contribution in [3.63, 3.8) is 0 Å². The number of hydrogen-bond donors (Lipinski definition) is 2. The van der Waals surface area contributed by atoms with Gasteiger partial charge in [0.25, 0.3) is 5.91 Å². The van der Waals surface area contributed by atoms with Gasteiger partial charge in [0.1, 0.15) is 5.15 Å². The van der Waals surface area contributed by atoms with Crippen LogP contribution in [0.15, 0.2) is 48.7 Å². The predicted octanol–water partition coefficient (Wildman–Crippen LogP) is 2.65. The Labute approximate surface area is 122 Å². The molecule has 5 heteroatoms. The van der Waals surface area contributed by atoms with Crippen molar-refractivity contribution < 1.29 is 9.90 Å². The van der Waals surface area contributed by atoms with E-state index in [-0.39, 0.29) is 6.04 Å². The number of nitrogens with zero attached hydrogens (tertiary/aromatic N) is 1. The lowest BCUT2D eigenvalue weighted by Gasteiger charge is -2.17. The highest BCUT2D eigenvalue weighted by atomic mass is 35.5. The van der Waals surface area contributed by atoms with Crippen LogP contribution in [0.4, 0.5) is 0 Å². The van der Waals surface area contributed by atoms with E-state index < -0.39 is 12.0 Å². The molecule has 2 aromatic rings. The molecular weight excluding hydrogens is 276 g/mol. The number of rotatable bonds is 4. The highest BCUT2D eigenvalue weighted by molar-refractivity contribution is 6.29. The van der Waals surface area contributed by atoms with Gasteiger partial charge in [-0.05, 0) is 18.6 Å². The van der Waals surface area contributed by atoms with Crippen LogP contribution in [-0.2, 0) is 4.79 Å². The molecule has 0 saturated carbocycles. The van der Waals surface area contributed by atoms with Crippen LogP contribution in [0.2, 0.25) is 5.15 Å². The second kappa shape index (κ2) is 6.50. The molecule has 2 atom stereocenters. The van der Waals surface area contributed by atoms with Gasteiger partial charge in [0, 0.05) is 11.8 Å². The van der Waals surface area contributed by atoms with Gasteiger partial charge in [-0.1, -0.05) is 48.0 Å². The fraction of sp³-hybridized carbons (Fsp3) is 0.200. The van der Waals surface area contributed by atoms with Crippen molar-refractivity contribution in [2.45, 2.75) is 19.1 Å². The Morgan fingerprint density at radius 2 is 1.90 bits per heavy atom. The van der Waals surface area contributed by atoms with Crippen LogP contribution in [-0.4, -0.2) is 16.0 Å². The van der Waals surface area contributed by atoms with Gasteiger partial charge < -0.3 is 10.4 Å². The molecule has 1 heterocycles. The number of halogens is 1. The number of nitrogens with one attached hydrogen (secondary N) is 1. The quantitative estimate of drug-likeness (QED) is 0.851. The smallest absolute Gasteiger partial charge is 0.254 e. The van der Waals surface area contributed by atoms with E-state index in [2.05, 4.69) is 10.3 Å². The summed E-state index contributed by atoms with van der Waals surface area (Å²) in [6, 6.07) is 12.5. The van der Waals surface area contributed by atoms with Gasteiger partial charge >= 0.3 is 0 Å². The van der Waals surface area contributed by atoms with Gasteiger partial charge in [-0.25, -0.2) is 4.98 Å². The first kappa shape index (κ1) is 14.5. The largest absolute Gasteiger partial charge is 0.378 e. The normalized spacial score (nSPS) is 13.6. The summed E-state index contributed by atoms with van der Waals surface area (Å²) in [7, 11) is 0. The van der Waals surface area contributed by atoms with E-state index in [0.717, 1.165) is 5.56 Å². The first-order valence-electron chi connectivity index (χ1n) is 6.23. The fourth-order valence-corrected chi connectivity index (χ4v) is 1.93. The van der Waals surface area contributed by atoms with E-state index in [0.29, 0.717) is 10.7 Å². The van der Waals surface area contributed by atoms with Gasteiger partial charge in [0.2, 0.25) is 0 Å². The molecule has 1 aromatic carbocycles. The molecule has 0 radical (unpaired) electrons. The standard InChI is InChI=1S/C15H15ClN2O2/c1-10(11-5-3-2-4-6-11)18-15(20)14(19)12-7-8-13(16)17-9-12/h2-10,14,19H,1H3,(H,18,20)/t10-,14?/m0/s1. The average molecular weight is 291 g/mol. The molecule has 1 amide bonds. The summed E-state index contributed by atoms with van der Waals surface area (Å²) in [5.74, 6) is -0.467. The van der Waals surface area contributed by atoms with E-state index in [1.807, 2.05) is 37.3 Å². The molecular formula is C15H15ClN2O2. The molecule has 4 nitrogen and oxygen atoms in total. The second-order valence-corrected chi connectivity index (χ2v) is 4.85. The highest BCUT2D eigenvalue weighted by Gasteiger charge is 2.19. The molecule has 1 unspecified atom stereocenters. The molecule has 0 aliphatic carbocycles. The molecule has 0 spiro atoms. The van der Waals surface area contributed by atoms with Crippen molar-refractivity contribution in [1.29, 1.82) is 0 Å². The van der Waals surface area contributed by atoms with Crippen molar-refractivity contribution in [2.75, 3.05) is 0 Å². The lowest BCUT2D eigenvalue weighted by Crippen LogP contribution is -2.31. The van der Waals surface area contributed by atoms with Crippen LogP contribution in [0, 0.1) is 0 Å². The zero-order valence-electron chi connectivity index (χ0n) is 11.0. The Hall–Kier alpha value is -1.91. The molecule has 2 N–H and O–H groups in total. The molecule has 104 valence electrons. The molecule has 0 aliphatic rings. The summed E-state index contributed by atoms with van der Waals surface area (Å²) in [5, 5.41) is 13.1. The van der Waals surface area contributed by atoms with Crippen molar-refractivity contribution in [1.82, 2.24) is 10.3 Å². The van der Waals surface area contributed by atoms with Crippen LogP contribution in [0.3, 0.4) is 0 Å². The molecule has 0 bridgehead atoms. The van der Waals surface area contributed by atoms with Gasteiger partial charge in [-0.2, -0.15) is 0 Å². The van der Waals surface area contributed by atoms with E-state index in [1.165, 1.54) is 12.3 Å². The summed E-state index contributed by atoms with van der Waals surface area (Å²) in [5.41, 5.74) is 1.38. The first-order chi connectivity index (χ1) is 9.58. The average Bonchev–Trinajstić information content (AvgIpc) is 2.48. The monoisotopic (exact) mass is 290 g/mol. The maximum Gasteiger partial charge on any atom is 0.254 e. The number of hydrogen-bond acceptors (Lipinski definition) is 3. The van der Waals surface area contributed by atoms with Gasteiger partial charge in [-0.15, -0.1) is 0 Å². The number of benzene rings is 1. The van der Waals surface area contributed by atoms with Crippen molar-refractivity contribution >= 4 is 17.5 Å². The number of carbonyl (C=O) groups is 1. The second-order valence-electron chi connectivity index (χ2n) is 4.46. The Kier molecular flexibility index (Phi) is 4.71. The van der Waals surface area contributed by atoms with Crippen LogP contribution < -0.4 is 5.32 Å². The zero-order valence-corrected chi connectivity index (χ0v) is 11.7. The van der Waals surface area contributed by atoms with Crippen molar-refractivity contribution in [3.8, 4) is 0 Å². The summed E-state index contributed by atoms with van der Waals surface area (Å²) < 4.78 is 0. The van der Waals surface area contributed by atoms with Crippen LogP contribution in [0.5, 0.6) is 0 Å². The Morgan fingerprint density at radius 1 is 1.20 bits per heavy atom. The topological polar surface area (TPSA) is 62.2 Å². The van der Waals surface area contributed by atoms with Crippen LogP contribution >= 0.6 is 11.6 Å². The minimum atomic E-state index is -1.26. The maximum atomic E-state index is 12.0. The third kappa shape index (κ3) is 3.56. The Bertz CT molecular complexity index is 572. The summed E-state index contributed by atoms with van der Waals surface area (Å²) in [6.07, 6.45) is 0.130. The van der Waals surface area contributed by atoms with Crippen LogP contribution in [0.25, 0.3) is 0 Å². The lowest BCUT2D eigenvalue weighted by atomic mass is 10.1. The minimum absolute atomic E-state index is 0.182. The first-order valence-corrected chi connectivity index (χ1v) is 6.60. The van der Waals surface area contributed by atoms with Crippen molar-refractivity contribution in [3.05, 3.63) is 64.9 Å². The fourth-order valence-electron chi connectivity index (χ4n) is 1.82.